The first kappa shape index (κ1) is 16.9. The largest absolute Gasteiger partial charge is 0.454 e. The highest BCUT2D eigenvalue weighted by atomic mass is 16.7. The van der Waals surface area contributed by atoms with Gasteiger partial charge >= 0.3 is 0 Å². The van der Waals surface area contributed by atoms with E-state index in [0.29, 0.717) is 13.0 Å². The molecule has 0 bridgehead atoms. The molecule has 2 heterocycles. The molecule has 1 N–H and O–H groups in total. The van der Waals surface area contributed by atoms with Gasteiger partial charge in [0, 0.05) is 6.54 Å². The van der Waals surface area contributed by atoms with E-state index in [-0.39, 0.29) is 18.7 Å². The smallest absolute Gasteiger partial charge is 0.231 e. The van der Waals surface area contributed by atoms with Gasteiger partial charge in [-0.25, -0.2) is 0 Å². The van der Waals surface area contributed by atoms with E-state index in [2.05, 4.69) is 22.3 Å². The summed E-state index contributed by atoms with van der Waals surface area (Å²) in [6.07, 6.45) is 2.83. The van der Waals surface area contributed by atoms with Gasteiger partial charge in [0.2, 0.25) is 12.7 Å². The SMILES string of the molecule is O=C(Cc1ccccc1)NC[C@H](c1ccc2c(c1)OCO2)N1CCCC1. The van der Waals surface area contributed by atoms with Crippen molar-refractivity contribution in [3.63, 3.8) is 0 Å². The second-order valence-electron chi connectivity index (χ2n) is 6.84. The molecular weight excluding hydrogens is 328 g/mol. The number of hydrogen-bond acceptors (Lipinski definition) is 4. The molecule has 1 amide bonds. The third-order valence-corrected chi connectivity index (χ3v) is 5.06. The van der Waals surface area contributed by atoms with Gasteiger partial charge in [-0.05, 0) is 49.2 Å². The second-order valence-corrected chi connectivity index (χ2v) is 6.84. The summed E-state index contributed by atoms with van der Waals surface area (Å²) in [5.74, 6) is 1.64. The predicted molar refractivity (Wildman–Crippen MR) is 99.3 cm³/mol. The van der Waals surface area contributed by atoms with E-state index in [1.807, 2.05) is 36.4 Å². The lowest BCUT2D eigenvalue weighted by Crippen LogP contribution is -2.37. The summed E-state index contributed by atoms with van der Waals surface area (Å²) in [6.45, 7) is 3.01. The van der Waals surface area contributed by atoms with Crippen LogP contribution >= 0.6 is 0 Å². The van der Waals surface area contributed by atoms with Gasteiger partial charge in [-0.1, -0.05) is 36.4 Å². The normalized spacial score (nSPS) is 17.2. The minimum Gasteiger partial charge on any atom is -0.454 e. The minimum atomic E-state index is 0.0566. The fourth-order valence-corrected chi connectivity index (χ4v) is 3.69. The fourth-order valence-electron chi connectivity index (χ4n) is 3.69. The van der Waals surface area contributed by atoms with Gasteiger partial charge in [0.15, 0.2) is 11.5 Å². The Balaban J connectivity index is 1.44. The van der Waals surface area contributed by atoms with Crippen LogP contribution in [-0.2, 0) is 11.2 Å². The summed E-state index contributed by atoms with van der Waals surface area (Å²) in [6, 6.07) is 16.1. The first-order valence-electron chi connectivity index (χ1n) is 9.24. The summed E-state index contributed by atoms with van der Waals surface area (Å²) < 4.78 is 10.9. The van der Waals surface area contributed by atoms with Crippen LogP contribution in [0.15, 0.2) is 48.5 Å². The predicted octanol–water partition coefficient (Wildman–Crippen LogP) is 2.91. The highest BCUT2D eigenvalue weighted by molar-refractivity contribution is 5.78. The quantitative estimate of drug-likeness (QED) is 0.868. The van der Waals surface area contributed by atoms with Crippen LogP contribution in [0, 0.1) is 0 Å². The minimum absolute atomic E-state index is 0.0566. The zero-order chi connectivity index (χ0) is 17.8. The van der Waals surface area contributed by atoms with Gasteiger partial charge in [-0.2, -0.15) is 0 Å². The third-order valence-electron chi connectivity index (χ3n) is 5.06. The van der Waals surface area contributed by atoms with Crippen molar-refractivity contribution in [2.75, 3.05) is 26.4 Å². The average molecular weight is 352 g/mol. The number of likely N-dealkylation sites (tertiary alicyclic amines) is 1. The number of ether oxygens (including phenoxy) is 2. The van der Waals surface area contributed by atoms with Crippen LogP contribution in [0.4, 0.5) is 0 Å². The number of nitrogens with zero attached hydrogens (tertiary/aromatic N) is 1. The van der Waals surface area contributed by atoms with Crippen LogP contribution in [0.3, 0.4) is 0 Å². The van der Waals surface area contributed by atoms with E-state index in [0.717, 1.165) is 35.7 Å². The van der Waals surface area contributed by atoms with Crippen LogP contribution in [-0.4, -0.2) is 37.2 Å². The Kier molecular flexibility index (Phi) is 5.07. The van der Waals surface area contributed by atoms with Crippen molar-refractivity contribution in [2.24, 2.45) is 0 Å². The first-order chi connectivity index (χ1) is 12.8. The lowest BCUT2D eigenvalue weighted by Gasteiger charge is -2.28. The Bertz CT molecular complexity index is 757. The van der Waals surface area contributed by atoms with Gasteiger partial charge in [0.05, 0.1) is 12.5 Å². The van der Waals surface area contributed by atoms with Gasteiger partial charge < -0.3 is 14.8 Å². The topological polar surface area (TPSA) is 50.8 Å². The van der Waals surface area contributed by atoms with E-state index in [1.165, 1.54) is 12.8 Å². The van der Waals surface area contributed by atoms with Gasteiger partial charge in [-0.3, -0.25) is 9.69 Å². The number of benzene rings is 2. The number of amides is 1. The monoisotopic (exact) mass is 352 g/mol. The molecule has 26 heavy (non-hydrogen) atoms. The van der Waals surface area contributed by atoms with E-state index < -0.39 is 0 Å². The van der Waals surface area contributed by atoms with E-state index >= 15 is 0 Å². The highest BCUT2D eigenvalue weighted by Crippen LogP contribution is 2.36. The zero-order valence-electron chi connectivity index (χ0n) is 14.8. The van der Waals surface area contributed by atoms with Crippen molar-refractivity contribution in [3.8, 4) is 11.5 Å². The van der Waals surface area contributed by atoms with Crippen molar-refractivity contribution in [1.82, 2.24) is 10.2 Å². The molecule has 2 aliphatic rings. The zero-order valence-corrected chi connectivity index (χ0v) is 14.8. The van der Waals surface area contributed by atoms with Crippen molar-refractivity contribution < 1.29 is 14.3 Å². The molecule has 0 aromatic heterocycles. The number of carbonyl (C=O) groups is 1. The average Bonchev–Trinajstić information content (AvgIpc) is 3.34. The molecule has 0 aliphatic carbocycles. The first-order valence-corrected chi connectivity index (χ1v) is 9.24. The summed E-state index contributed by atoms with van der Waals surface area (Å²) in [5, 5.41) is 3.12. The molecular formula is C21H24N2O3. The van der Waals surface area contributed by atoms with Crippen LogP contribution in [0.2, 0.25) is 0 Å². The summed E-state index contributed by atoms with van der Waals surface area (Å²) in [4.78, 5) is 14.8. The molecule has 2 aromatic rings. The van der Waals surface area contributed by atoms with E-state index in [1.54, 1.807) is 0 Å². The molecule has 5 nitrogen and oxygen atoms in total. The molecule has 0 radical (unpaired) electrons. The lowest BCUT2D eigenvalue weighted by atomic mass is 10.0. The molecule has 2 aliphatic heterocycles. The number of carbonyl (C=O) groups excluding carboxylic acids is 1. The molecule has 0 saturated carbocycles. The van der Waals surface area contributed by atoms with Gasteiger partial charge in [0.25, 0.3) is 0 Å². The van der Waals surface area contributed by atoms with E-state index in [4.69, 9.17) is 9.47 Å². The molecule has 0 unspecified atom stereocenters. The Labute approximate surface area is 153 Å². The van der Waals surface area contributed by atoms with Gasteiger partial charge in [0.1, 0.15) is 0 Å². The molecule has 0 spiro atoms. The number of fused-ring (bicyclic) bond motifs is 1. The van der Waals surface area contributed by atoms with Crippen LogP contribution in [0.25, 0.3) is 0 Å². The summed E-state index contributed by atoms with van der Waals surface area (Å²) in [7, 11) is 0. The summed E-state index contributed by atoms with van der Waals surface area (Å²) in [5.41, 5.74) is 2.20. The molecule has 1 fully saturated rings. The summed E-state index contributed by atoms with van der Waals surface area (Å²) >= 11 is 0. The lowest BCUT2D eigenvalue weighted by molar-refractivity contribution is -0.120. The maximum atomic E-state index is 12.4. The molecule has 4 rings (SSSR count). The van der Waals surface area contributed by atoms with Crippen LogP contribution in [0.5, 0.6) is 11.5 Å². The standard InChI is InChI=1S/C21H24N2O3/c24-21(12-16-6-2-1-3-7-16)22-14-18(23-10-4-5-11-23)17-8-9-19-20(13-17)26-15-25-19/h1-3,6-9,13,18H,4-5,10-12,14-15H2,(H,22,24)/t18-/m1/s1. The molecule has 5 heteroatoms. The third kappa shape index (κ3) is 3.83. The Morgan fingerprint density at radius 2 is 1.81 bits per heavy atom. The highest BCUT2D eigenvalue weighted by Gasteiger charge is 2.26. The van der Waals surface area contributed by atoms with Crippen molar-refractivity contribution in [2.45, 2.75) is 25.3 Å². The Morgan fingerprint density at radius 3 is 2.62 bits per heavy atom. The van der Waals surface area contributed by atoms with Crippen LogP contribution in [0.1, 0.15) is 30.0 Å². The maximum absolute atomic E-state index is 12.4. The Hall–Kier alpha value is -2.53. The van der Waals surface area contributed by atoms with Gasteiger partial charge in [-0.15, -0.1) is 0 Å². The number of hydrogen-bond donors (Lipinski definition) is 1. The molecule has 136 valence electrons. The molecule has 2 aromatic carbocycles. The maximum Gasteiger partial charge on any atom is 0.231 e. The van der Waals surface area contributed by atoms with Crippen molar-refractivity contribution in [3.05, 3.63) is 59.7 Å². The molecule has 1 saturated heterocycles. The number of rotatable bonds is 6. The Morgan fingerprint density at radius 1 is 1.04 bits per heavy atom. The molecule has 1 atom stereocenters. The van der Waals surface area contributed by atoms with E-state index in [9.17, 15) is 4.79 Å². The fraction of sp³-hybridized carbons (Fsp3) is 0.381. The second kappa shape index (κ2) is 7.79. The van der Waals surface area contributed by atoms with Crippen LogP contribution < -0.4 is 14.8 Å². The van der Waals surface area contributed by atoms with Crippen molar-refractivity contribution in [1.29, 1.82) is 0 Å². The number of nitrogens with one attached hydrogen (secondary N) is 1. The van der Waals surface area contributed by atoms with Crippen molar-refractivity contribution >= 4 is 5.91 Å².